The van der Waals surface area contributed by atoms with Gasteiger partial charge in [0.15, 0.2) is 17.4 Å². The van der Waals surface area contributed by atoms with E-state index in [9.17, 15) is 21.6 Å². The van der Waals surface area contributed by atoms with Crippen LogP contribution in [0.3, 0.4) is 0 Å². The van der Waals surface area contributed by atoms with Crippen molar-refractivity contribution >= 4 is 31.3 Å². The Hall–Kier alpha value is -0.660. The number of halogens is 5. The Kier molecular flexibility index (Phi) is 3.61. The Morgan fingerprint density at radius 1 is 1.12 bits per heavy atom. The van der Waals surface area contributed by atoms with Crippen LogP contribution in [0.15, 0.2) is 4.90 Å². The van der Waals surface area contributed by atoms with Gasteiger partial charge in [-0.2, -0.15) is 4.39 Å². The number of rotatable bonds is 2. The Bertz CT molecular complexity index is 545. The Labute approximate surface area is 98.1 Å². The summed E-state index contributed by atoms with van der Waals surface area (Å²) < 4.78 is 65.5. The second kappa shape index (κ2) is 4.31. The van der Waals surface area contributed by atoms with E-state index in [-0.39, 0.29) is 0 Å². The molecule has 0 unspecified atom stereocenters. The van der Waals surface area contributed by atoms with Crippen LogP contribution >= 0.6 is 22.3 Å². The topological polar surface area (TPSA) is 43.4 Å². The molecule has 16 heavy (non-hydrogen) atoms. The lowest BCUT2D eigenvalue weighted by atomic mass is 10.3. The summed E-state index contributed by atoms with van der Waals surface area (Å²) in [6, 6.07) is 0. The zero-order valence-corrected chi connectivity index (χ0v) is 9.85. The van der Waals surface area contributed by atoms with Crippen LogP contribution < -0.4 is 4.74 Å². The molecule has 0 N–H and O–H groups in total. The van der Waals surface area contributed by atoms with Gasteiger partial charge in [0.05, 0.1) is 7.11 Å². The number of methoxy groups -OCH3 is 1. The van der Waals surface area contributed by atoms with E-state index in [0.29, 0.717) is 0 Å². The molecule has 0 bridgehead atoms. The zero-order chi connectivity index (χ0) is 12.7. The van der Waals surface area contributed by atoms with E-state index in [2.05, 4.69) is 4.74 Å². The van der Waals surface area contributed by atoms with Crippen LogP contribution in [-0.2, 0) is 9.05 Å². The second-order valence-corrected chi connectivity index (χ2v) is 5.44. The van der Waals surface area contributed by atoms with Gasteiger partial charge in [-0.15, -0.1) is 0 Å². The van der Waals surface area contributed by atoms with Crippen LogP contribution in [0.25, 0.3) is 0 Å². The standard InChI is InChI=1S/C7H3Cl2F3O3S/c1-15-6-4(11)3(10)2(8)7(5(6)12)16(9,13)14/h1H3. The molecule has 0 atom stereocenters. The van der Waals surface area contributed by atoms with Crippen molar-refractivity contribution in [3.05, 3.63) is 22.5 Å². The van der Waals surface area contributed by atoms with Crippen LogP contribution in [0.4, 0.5) is 13.2 Å². The third-order valence-corrected chi connectivity index (χ3v) is 3.43. The van der Waals surface area contributed by atoms with E-state index < -0.39 is 42.2 Å². The molecule has 0 spiro atoms. The van der Waals surface area contributed by atoms with Gasteiger partial charge in [0.1, 0.15) is 9.92 Å². The molecule has 0 saturated carbocycles. The summed E-state index contributed by atoms with van der Waals surface area (Å²) in [5.41, 5.74) is 0. The molecule has 0 aliphatic carbocycles. The summed E-state index contributed by atoms with van der Waals surface area (Å²) in [4.78, 5) is -1.36. The molecule has 3 nitrogen and oxygen atoms in total. The molecule has 1 rings (SSSR count). The van der Waals surface area contributed by atoms with Crippen molar-refractivity contribution < 1.29 is 26.3 Å². The van der Waals surface area contributed by atoms with Crippen molar-refractivity contribution in [2.24, 2.45) is 0 Å². The fourth-order valence-electron chi connectivity index (χ4n) is 0.985. The predicted octanol–water partition coefficient (Wildman–Crippen LogP) is 2.69. The number of ether oxygens (including phenoxy) is 1. The Morgan fingerprint density at radius 2 is 1.62 bits per heavy atom. The first kappa shape index (κ1) is 13.4. The maximum Gasteiger partial charge on any atom is 0.265 e. The van der Waals surface area contributed by atoms with Gasteiger partial charge in [-0.25, -0.2) is 17.2 Å². The third-order valence-electron chi connectivity index (χ3n) is 1.63. The predicted molar refractivity (Wildman–Crippen MR) is 50.9 cm³/mol. The van der Waals surface area contributed by atoms with Gasteiger partial charge < -0.3 is 4.74 Å². The molecule has 1 aromatic carbocycles. The second-order valence-electron chi connectivity index (χ2n) is 2.56. The summed E-state index contributed by atoms with van der Waals surface area (Å²) in [7, 11) is 1.00. The van der Waals surface area contributed by atoms with Crippen molar-refractivity contribution in [3.63, 3.8) is 0 Å². The lowest BCUT2D eigenvalue weighted by molar-refractivity contribution is 0.340. The highest BCUT2D eigenvalue weighted by atomic mass is 35.7. The lowest BCUT2D eigenvalue weighted by Crippen LogP contribution is -2.05. The molecule has 9 heteroatoms. The molecule has 0 saturated heterocycles. The molecule has 0 amide bonds. The molecule has 90 valence electrons. The van der Waals surface area contributed by atoms with Crippen molar-refractivity contribution in [2.45, 2.75) is 4.90 Å². The van der Waals surface area contributed by atoms with Crippen molar-refractivity contribution in [2.75, 3.05) is 7.11 Å². The minimum atomic E-state index is -4.66. The van der Waals surface area contributed by atoms with Gasteiger partial charge in [-0.3, -0.25) is 0 Å². The molecule has 1 aromatic rings. The summed E-state index contributed by atoms with van der Waals surface area (Å²) in [6.45, 7) is 0. The molecule has 0 fully saturated rings. The van der Waals surface area contributed by atoms with E-state index >= 15 is 0 Å². The van der Waals surface area contributed by atoms with E-state index in [0.717, 1.165) is 7.11 Å². The average molecular weight is 295 g/mol. The number of hydrogen-bond donors (Lipinski definition) is 0. The average Bonchev–Trinajstić information content (AvgIpc) is 2.13. The highest BCUT2D eigenvalue weighted by Gasteiger charge is 2.31. The third kappa shape index (κ3) is 2.07. The van der Waals surface area contributed by atoms with Crippen molar-refractivity contribution in [3.8, 4) is 5.75 Å². The molecule has 0 aromatic heterocycles. The Morgan fingerprint density at radius 3 is 2.00 bits per heavy atom. The summed E-state index contributed by atoms with van der Waals surface area (Å²) in [5.74, 6) is -6.37. The van der Waals surface area contributed by atoms with Crippen molar-refractivity contribution in [1.29, 1.82) is 0 Å². The van der Waals surface area contributed by atoms with Crippen molar-refractivity contribution in [1.82, 2.24) is 0 Å². The Balaban J connectivity index is 3.84. The molecular weight excluding hydrogens is 292 g/mol. The smallest absolute Gasteiger partial charge is 0.265 e. The van der Waals surface area contributed by atoms with Gasteiger partial charge in [-0.1, -0.05) is 11.6 Å². The highest BCUT2D eigenvalue weighted by molar-refractivity contribution is 8.13. The quantitative estimate of drug-likeness (QED) is 0.478. The van der Waals surface area contributed by atoms with E-state index in [1.165, 1.54) is 0 Å². The van der Waals surface area contributed by atoms with Crippen LogP contribution in [0.2, 0.25) is 5.02 Å². The first-order valence-electron chi connectivity index (χ1n) is 3.56. The molecule has 0 heterocycles. The van der Waals surface area contributed by atoms with E-state index in [1.54, 1.807) is 0 Å². The first-order valence-corrected chi connectivity index (χ1v) is 6.25. The largest absolute Gasteiger partial charge is 0.491 e. The van der Waals surface area contributed by atoms with E-state index in [4.69, 9.17) is 22.3 Å². The van der Waals surface area contributed by atoms with Crippen LogP contribution in [0, 0.1) is 17.5 Å². The zero-order valence-electron chi connectivity index (χ0n) is 7.52. The van der Waals surface area contributed by atoms with Crippen LogP contribution in [-0.4, -0.2) is 15.5 Å². The van der Waals surface area contributed by atoms with E-state index in [1.807, 2.05) is 0 Å². The summed E-state index contributed by atoms with van der Waals surface area (Å²) in [6.07, 6.45) is 0. The fourth-order valence-corrected chi connectivity index (χ4v) is 2.62. The highest BCUT2D eigenvalue weighted by Crippen LogP contribution is 2.37. The number of hydrogen-bond acceptors (Lipinski definition) is 3. The monoisotopic (exact) mass is 294 g/mol. The van der Waals surface area contributed by atoms with Crippen LogP contribution in [0.5, 0.6) is 5.75 Å². The minimum absolute atomic E-state index is 0.833. The first-order chi connectivity index (χ1) is 7.21. The van der Waals surface area contributed by atoms with Gasteiger partial charge in [0.2, 0.25) is 5.82 Å². The molecule has 0 aliphatic rings. The molecule has 0 aliphatic heterocycles. The molecule has 0 radical (unpaired) electrons. The lowest BCUT2D eigenvalue weighted by Gasteiger charge is -2.09. The van der Waals surface area contributed by atoms with Gasteiger partial charge >= 0.3 is 0 Å². The van der Waals surface area contributed by atoms with Gasteiger partial charge in [0.25, 0.3) is 9.05 Å². The summed E-state index contributed by atoms with van der Waals surface area (Å²) >= 11 is 5.14. The van der Waals surface area contributed by atoms with Gasteiger partial charge in [0, 0.05) is 10.7 Å². The van der Waals surface area contributed by atoms with Crippen LogP contribution in [0.1, 0.15) is 0 Å². The summed E-state index contributed by atoms with van der Waals surface area (Å²) in [5, 5.41) is -1.26. The minimum Gasteiger partial charge on any atom is -0.491 e. The molecular formula is C7H3Cl2F3O3S. The number of benzene rings is 1. The fraction of sp³-hybridized carbons (Fsp3) is 0.143. The normalized spacial score (nSPS) is 11.6. The SMILES string of the molecule is COc1c(F)c(F)c(Cl)c(S(=O)(=O)Cl)c1F. The van der Waals surface area contributed by atoms with Gasteiger partial charge in [-0.05, 0) is 0 Å². The maximum atomic E-state index is 13.4. The maximum absolute atomic E-state index is 13.4.